The Balaban J connectivity index is 2.27. The van der Waals surface area contributed by atoms with Gasteiger partial charge in [-0.05, 0) is 50.6 Å². The summed E-state index contributed by atoms with van der Waals surface area (Å²) in [6.07, 6.45) is 2.44. The Hall–Kier alpha value is -1.06. The molecule has 1 unspecified atom stereocenters. The van der Waals surface area contributed by atoms with E-state index in [1.165, 1.54) is 36.2 Å². The Kier molecular flexibility index (Phi) is 4.83. The average molecular weight is 261 g/mol. The van der Waals surface area contributed by atoms with Gasteiger partial charge in [-0.1, -0.05) is 19.1 Å². The molecule has 1 aromatic rings. The minimum absolute atomic E-state index is 0.620. The molecule has 1 aromatic carbocycles. The Bertz CT molecular complexity index is 416. The standard InChI is InChI=1S/C16H27N3/c1-4-15-12-18(3)8-5-9-19(15)16-7-6-14(11-17)10-13(16)2/h6-7,10,15H,4-5,8-9,11-12,17H2,1-3H3. The molecule has 2 N–H and O–H groups in total. The van der Waals surface area contributed by atoms with Crippen molar-refractivity contribution < 1.29 is 0 Å². The summed E-state index contributed by atoms with van der Waals surface area (Å²) < 4.78 is 0. The lowest BCUT2D eigenvalue weighted by atomic mass is 10.1. The van der Waals surface area contributed by atoms with Crippen LogP contribution in [0.2, 0.25) is 0 Å². The zero-order chi connectivity index (χ0) is 13.8. The molecule has 106 valence electrons. The fourth-order valence-electron chi connectivity index (χ4n) is 3.08. The minimum Gasteiger partial charge on any atom is -0.367 e. The molecule has 1 aliphatic rings. The minimum atomic E-state index is 0.620. The van der Waals surface area contributed by atoms with Crippen LogP contribution < -0.4 is 10.6 Å². The first kappa shape index (κ1) is 14.4. The second kappa shape index (κ2) is 6.40. The van der Waals surface area contributed by atoms with Crippen molar-refractivity contribution in [1.29, 1.82) is 0 Å². The Morgan fingerprint density at radius 2 is 2.11 bits per heavy atom. The molecule has 1 aliphatic heterocycles. The number of anilines is 1. The molecule has 2 rings (SSSR count). The lowest BCUT2D eigenvalue weighted by Gasteiger charge is -2.33. The highest BCUT2D eigenvalue weighted by atomic mass is 15.2. The lowest BCUT2D eigenvalue weighted by molar-refractivity contribution is 0.328. The molecule has 0 bridgehead atoms. The van der Waals surface area contributed by atoms with Crippen molar-refractivity contribution in [2.75, 3.05) is 31.6 Å². The third-order valence-electron chi connectivity index (χ3n) is 4.18. The van der Waals surface area contributed by atoms with Crippen LogP contribution in [-0.4, -0.2) is 37.6 Å². The molecule has 3 nitrogen and oxygen atoms in total. The molecule has 0 aromatic heterocycles. The maximum atomic E-state index is 5.72. The van der Waals surface area contributed by atoms with E-state index in [1.807, 2.05) is 0 Å². The van der Waals surface area contributed by atoms with E-state index in [0.29, 0.717) is 12.6 Å². The van der Waals surface area contributed by atoms with E-state index in [4.69, 9.17) is 5.73 Å². The van der Waals surface area contributed by atoms with Gasteiger partial charge in [-0.15, -0.1) is 0 Å². The van der Waals surface area contributed by atoms with Gasteiger partial charge < -0.3 is 15.5 Å². The predicted molar refractivity (Wildman–Crippen MR) is 82.6 cm³/mol. The normalized spacial score (nSPS) is 21.5. The molecular formula is C16H27N3. The smallest absolute Gasteiger partial charge is 0.0414 e. The van der Waals surface area contributed by atoms with E-state index >= 15 is 0 Å². The highest BCUT2D eigenvalue weighted by molar-refractivity contribution is 5.55. The molecule has 1 heterocycles. The van der Waals surface area contributed by atoms with Crippen LogP contribution in [0.25, 0.3) is 0 Å². The summed E-state index contributed by atoms with van der Waals surface area (Å²) in [4.78, 5) is 5.05. The number of likely N-dealkylation sites (N-methyl/N-ethyl adjacent to an activating group) is 1. The number of nitrogens with zero attached hydrogens (tertiary/aromatic N) is 2. The first-order chi connectivity index (χ1) is 9.15. The van der Waals surface area contributed by atoms with Crippen LogP contribution >= 0.6 is 0 Å². The summed E-state index contributed by atoms with van der Waals surface area (Å²) in [5.41, 5.74) is 9.69. The fourth-order valence-corrected chi connectivity index (χ4v) is 3.08. The van der Waals surface area contributed by atoms with Gasteiger partial charge in [-0.3, -0.25) is 0 Å². The number of rotatable bonds is 3. The lowest BCUT2D eigenvalue weighted by Crippen LogP contribution is -2.40. The zero-order valence-electron chi connectivity index (χ0n) is 12.5. The van der Waals surface area contributed by atoms with Crippen LogP contribution in [0.15, 0.2) is 18.2 Å². The van der Waals surface area contributed by atoms with Crippen molar-refractivity contribution in [3.63, 3.8) is 0 Å². The summed E-state index contributed by atoms with van der Waals surface area (Å²) >= 11 is 0. The monoisotopic (exact) mass is 261 g/mol. The van der Waals surface area contributed by atoms with Gasteiger partial charge in [0.05, 0.1) is 0 Å². The highest BCUT2D eigenvalue weighted by Crippen LogP contribution is 2.26. The van der Waals surface area contributed by atoms with Gasteiger partial charge >= 0.3 is 0 Å². The third-order valence-corrected chi connectivity index (χ3v) is 4.18. The van der Waals surface area contributed by atoms with Gasteiger partial charge in [0.1, 0.15) is 0 Å². The molecule has 19 heavy (non-hydrogen) atoms. The molecule has 0 radical (unpaired) electrons. The summed E-state index contributed by atoms with van der Waals surface area (Å²) in [7, 11) is 2.23. The van der Waals surface area contributed by atoms with E-state index < -0.39 is 0 Å². The second-order valence-corrected chi connectivity index (χ2v) is 5.70. The molecule has 0 aliphatic carbocycles. The third kappa shape index (κ3) is 3.28. The van der Waals surface area contributed by atoms with Gasteiger partial charge in [0, 0.05) is 31.4 Å². The van der Waals surface area contributed by atoms with Crippen LogP contribution in [0, 0.1) is 6.92 Å². The van der Waals surface area contributed by atoms with Crippen LogP contribution in [0.3, 0.4) is 0 Å². The Morgan fingerprint density at radius 1 is 1.32 bits per heavy atom. The summed E-state index contributed by atoms with van der Waals surface area (Å²) in [6, 6.07) is 7.28. The molecular weight excluding hydrogens is 234 g/mol. The van der Waals surface area contributed by atoms with Crippen molar-refractivity contribution in [3.8, 4) is 0 Å². The van der Waals surface area contributed by atoms with E-state index in [1.54, 1.807) is 0 Å². The average Bonchev–Trinajstić information content (AvgIpc) is 2.60. The molecule has 1 saturated heterocycles. The first-order valence-corrected chi connectivity index (χ1v) is 7.40. The van der Waals surface area contributed by atoms with Crippen molar-refractivity contribution in [2.45, 2.75) is 39.3 Å². The van der Waals surface area contributed by atoms with Gasteiger partial charge in [0.2, 0.25) is 0 Å². The molecule has 3 heteroatoms. The van der Waals surface area contributed by atoms with E-state index in [-0.39, 0.29) is 0 Å². The maximum Gasteiger partial charge on any atom is 0.0414 e. The summed E-state index contributed by atoms with van der Waals surface area (Å²) in [5, 5.41) is 0. The SMILES string of the molecule is CCC1CN(C)CCCN1c1ccc(CN)cc1C. The number of nitrogens with two attached hydrogens (primary N) is 1. The van der Waals surface area contributed by atoms with Gasteiger partial charge in [-0.25, -0.2) is 0 Å². The van der Waals surface area contributed by atoms with Crippen LogP contribution in [0.5, 0.6) is 0 Å². The fraction of sp³-hybridized carbons (Fsp3) is 0.625. The van der Waals surface area contributed by atoms with Crippen molar-refractivity contribution in [2.24, 2.45) is 5.73 Å². The van der Waals surface area contributed by atoms with E-state index in [0.717, 1.165) is 13.1 Å². The van der Waals surface area contributed by atoms with E-state index in [2.05, 4.69) is 48.9 Å². The van der Waals surface area contributed by atoms with Gasteiger partial charge in [0.25, 0.3) is 0 Å². The molecule has 0 amide bonds. The molecule has 0 saturated carbocycles. The maximum absolute atomic E-state index is 5.72. The van der Waals surface area contributed by atoms with Crippen LogP contribution in [-0.2, 0) is 6.54 Å². The number of benzene rings is 1. The quantitative estimate of drug-likeness (QED) is 0.906. The van der Waals surface area contributed by atoms with Gasteiger partial charge in [-0.2, -0.15) is 0 Å². The van der Waals surface area contributed by atoms with Crippen LogP contribution in [0.4, 0.5) is 5.69 Å². The van der Waals surface area contributed by atoms with Crippen LogP contribution in [0.1, 0.15) is 30.9 Å². The largest absolute Gasteiger partial charge is 0.367 e. The number of hydrogen-bond donors (Lipinski definition) is 1. The van der Waals surface area contributed by atoms with Crippen molar-refractivity contribution >= 4 is 5.69 Å². The van der Waals surface area contributed by atoms with Crippen molar-refractivity contribution in [1.82, 2.24) is 4.90 Å². The van der Waals surface area contributed by atoms with Gasteiger partial charge in [0.15, 0.2) is 0 Å². The topological polar surface area (TPSA) is 32.5 Å². The summed E-state index contributed by atoms with van der Waals surface area (Å²) in [5.74, 6) is 0. The predicted octanol–water partition coefficient (Wildman–Crippen LogP) is 2.37. The number of hydrogen-bond acceptors (Lipinski definition) is 3. The highest BCUT2D eigenvalue weighted by Gasteiger charge is 2.23. The Labute approximate surface area is 117 Å². The second-order valence-electron chi connectivity index (χ2n) is 5.70. The number of aryl methyl sites for hydroxylation is 1. The summed E-state index contributed by atoms with van der Waals surface area (Å²) in [6.45, 7) is 8.64. The Morgan fingerprint density at radius 3 is 2.74 bits per heavy atom. The van der Waals surface area contributed by atoms with E-state index in [9.17, 15) is 0 Å². The molecule has 1 atom stereocenters. The molecule has 0 spiro atoms. The zero-order valence-corrected chi connectivity index (χ0v) is 12.5. The molecule has 1 fully saturated rings. The van der Waals surface area contributed by atoms with Crippen molar-refractivity contribution in [3.05, 3.63) is 29.3 Å². The first-order valence-electron chi connectivity index (χ1n) is 7.40.